The van der Waals surface area contributed by atoms with Crippen molar-refractivity contribution >= 4 is 87.0 Å². The summed E-state index contributed by atoms with van der Waals surface area (Å²) in [6.07, 6.45) is 12.8. The summed E-state index contributed by atoms with van der Waals surface area (Å²) in [5.74, 6) is 0.725. The van der Waals surface area contributed by atoms with Gasteiger partial charge in [0.05, 0.1) is 61.6 Å². The third-order valence-electron chi connectivity index (χ3n) is 24.0. The van der Waals surface area contributed by atoms with Crippen molar-refractivity contribution in [1.82, 2.24) is 49.8 Å². The average molecular weight is 1630 g/mol. The number of hydrogen-bond acceptors (Lipinski definition) is 10. The lowest BCUT2D eigenvalue weighted by molar-refractivity contribution is 1.23. The van der Waals surface area contributed by atoms with Gasteiger partial charge in [-0.05, 0) is 185 Å². The van der Waals surface area contributed by atoms with Crippen LogP contribution in [0.15, 0.2) is 462 Å². The van der Waals surface area contributed by atoms with Crippen LogP contribution in [-0.4, -0.2) is 49.8 Å². The number of rotatable bonds is 13. The maximum Gasteiger partial charge on any atom is 0.160 e. The predicted octanol–water partition coefficient (Wildman–Crippen LogP) is 29.9. The Morgan fingerprint density at radius 1 is 0.148 bits per heavy atom. The molecule has 0 amide bonds. The molecule has 0 spiro atoms. The Balaban J connectivity index is 0.000000113. The van der Waals surface area contributed by atoms with E-state index in [9.17, 15) is 0 Å². The number of nitrogens with zero attached hydrogens (tertiary/aromatic N) is 10. The Hall–Kier alpha value is -17.3. The highest BCUT2D eigenvalue weighted by molar-refractivity contribution is 6.13. The molecule has 8 heterocycles. The smallest absolute Gasteiger partial charge is 0.160 e. The lowest BCUT2D eigenvalue weighted by atomic mass is 9.93. The van der Waals surface area contributed by atoms with Gasteiger partial charge in [-0.3, -0.25) is 24.9 Å². The summed E-state index contributed by atoms with van der Waals surface area (Å²) < 4.78 is 0. The van der Waals surface area contributed by atoms with E-state index in [1.807, 2.05) is 134 Å². The molecule has 0 aliphatic carbocycles. The van der Waals surface area contributed by atoms with E-state index in [1.54, 1.807) is 24.8 Å². The number of aromatic nitrogens is 10. The fourth-order valence-corrected chi connectivity index (χ4v) is 17.6. The van der Waals surface area contributed by atoms with Gasteiger partial charge in [-0.15, -0.1) is 0 Å². The molecule has 0 atom stereocenters. The molecule has 0 unspecified atom stereocenters. The summed E-state index contributed by atoms with van der Waals surface area (Å²) in [6, 6.07) is 146. The van der Waals surface area contributed by atoms with Gasteiger partial charge < -0.3 is 0 Å². The van der Waals surface area contributed by atoms with Crippen LogP contribution in [0.5, 0.6) is 0 Å². The van der Waals surface area contributed by atoms with Crippen LogP contribution < -0.4 is 0 Å². The second-order valence-electron chi connectivity index (χ2n) is 31.8. The largest absolute Gasteiger partial charge is 0.265 e. The van der Waals surface area contributed by atoms with Gasteiger partial charge in [0.25, 0.3) is 0 Å². The number of hydrogen-bond donors (Lipinski definition) is 0. The Bertz CT molecular complexity index is 8230. The first kappa shape index (κ1) is 76.8. The van der Waals surface area contributed by atoms with E-state index in [-0.39, 0.29) is 0 Å². The van der Waals surface area contributed by atoms with Crippen molar-refractivity contribution in [3.05, 3.63) is 462 Å². The zero-order valence-electron chi connectivity index (χ0n) is 69.4. The van der Waals surface area contributed by atoms with Crippen LogP contribution in [0.2, 0.25) is 0 Å². The van der Waals surface area contributed by atoms with E-state index >= 15 is 0 Å². The summed E-state index contributed by atoms with van der Waals surface area (Å²) in [7, 11) is 0. The molecule has 24 rings (SSSR count). The van der Waals surface area contributed by atoms with Crippen molar-refractivity contribution in [2.45, 2.75) is 0 Å². The van der Waals surface area contributed by atoms with Crippen LogP contribution in [-0.2, 0) is 0 Å². The first-order chi connectivity index (χ1) is 63.4. The van der Waals surface area contributed by atoms with E-state index in [1.165, 1.54) is 82.4 Å². The summed E-state index contributed by atoms with van der Waals surface area (Å²) in [6.45, 7) is 0. The lowest BCUT2D eigenvalue weighted by Crippen LogP contribution is -1.95. The minimum atomic E-state index is 0.725. The molecule has 10 nitrogen and oxygen atoms in total. The van der Waals surface area contributed by atoms with Crippen LogP contribution in [0.3, 0.4) is 0 Å². The highest BCUT2D eigenvalue weighted by Gasteiger charge is 2.19. The van der Waals surface area contributed by atoms with Crippen molar-refractivity contribution in [3.8, 4) is 146 Å². The van der Waals surface area contributed by atoms with Crippen molar-refractivity contribution < 1.29 is 0 Å². The highest BCUT2D eigenvalue weighted by Crippen LogP contribution is 2.42. The molecule has 0 radical (unpaired) electrons. The van der Waals surface area contributed by atoms with E-state index in [2.05, 4.69) is 328 Å². The fourth-order valence-electron chi connectivity index (χ4n) is 17.6. The molecule has 0 bridgehead atoms. The third-order valence-corrected chi connectivity index (χ3v) is 24.0. The fraction of sp³-hybridized carbons (Fsp3) is 0. The van der Waals surface area contributed by atoms with Gasteiger partial charge >= 0.3 is 0 Å². The monoisotopic (exact) mass is 1630 g/mol. The van der Waals surface area contributed by atoms with Gasteiger partial charge in [-0.25, -0.2) is 24.9 Å². The van der Waals surface area contributed by atoms with E-state index in [4.69, 9.17) is 24.9 Å². The predicted molar refractivity (Wildman–Crippen MR) is 528 cm³/mol. The molecular weight excluding hydrogens is 1560 g/mol. The first-order valence-electron chi connectivity index (χ1n) is 42.8. The van der Waals surface area contributed by atoms with E-state index < -0.39 is 0 Å². The Labute approximate surface area is 739 Å². The summed E-state index contributed by atoms with van der Waals surface area (Å²) in [4.78, 5) is 47.5. The molecule has 0 aliphatic rings. The summed E-state index contributed by atoms with van der Waals surface area (Å²) in [5, 5.41) is 11.7. The topological polar surface area (TPSA) is 129 Å². The van der Waals surface area contributed by atoms with Crippen molar-refractivity contribution in [1.29, 1.82) is 0 Å². The third kappa shape index (κ3) is 15.3. The number of benzene rings is 16. The molecular formula is C118H76N10. The first-order valence-corrected chi connectivity index (χ1v) is 42.8. The molecule has 0 N–H and O–H groups in total. The van der Waals surface area contributed by atoms with Gasteiger partial charge in [-0.1, -0.05) is 328 Å². The maximum atomic E-state index is 5.06. The van der Waals surface area contributed by atoms with Crippen LogP contribution in [0.1, 0.15) is 0 Å². The molecule has 16 aromatic carbocycles. The Morgan fingerprint density at radius 3 is 0.938 bits per heavy atom. The maximum absolute atomic E-state index is 5.06. The second kappa shape index (κ2) is 34.2. The minimum absolute atomic E-state index is 0.725. The lowest BCUT2D eigenvalue weighted by Gasteiger charge is -2.12. The standard InChI is InChI=1S/C40H26N4.2C39H25N3/c1-4-32(24-33(5-1)35-7-2-8-37-36(35)14-13-31-6-3-19-43-40(31)37)27-9-11-28(12-10-27)34-25-38(29-15-20-41-21-16-29)44-39(26-34)30-17-22-42-23-18-30;1-2-9-27(10-3-1)38-39(42-36-17-5-4-16-35(36)41-38)29-20-18-26(19-21-29)30-11-6-12-31(25-30)32-14-7-15-34-33(32)23-22-28-13-8-24-40-37(28)34;1-2-9-28(10-3-1)38-35-14-4-5-17-36(35)41-39(42-38)31-12-6-11-30(25-31)26-18-20-27(21-19-26)32-15-7-16-34-33(32)23-22-29-13-8-24-40-37(29)34/h1-26H;2*1-25H. The highest BCUT2D eigenvalue weighted by atomic mass is 14.9. The van der Waals surface area contributed by atoms with Crippen molar-refractivity contribution in [2.24, 2.45) is 0 Å². The van der Waals surface area contributed by atoms with Gasteiger partial charge in [0.15, 0.2) is 5.82 Å². The zero-order valence-corrected chi connectivity index (χ0v) is 69.4. The molecule has 598 valence electrons. The van der Waals surface area contributed by atoms with Gasteiger partial charge in [0.2, 0.25) is 0 Å². The average Bonchev–Trinajstić information content (AvgIpc) is 0.774. The molecule has 128 heavy (non-hydrogen) atoms. The van der Waals surface area contributed by atoms with Gasteiger partial charge in [0, 0.05) is 114 Å². The number of para-hydroxylation sites is 3. The SMILES string of the molecule is c1cc(-c2ccc(-c3cc(-c4ccncc4)nc(-c4ccncc4)c3)cc2)cc(-c2cccc3c2ccc2cccnc23)c1.c1ccc(-c2nc(-c3cccc(-c4ccc(-c5cccc6c5ccc5cccnc56)cc4)c3)nc3ccccc23)cc1.c1ccc(-c2nc3ccccc3nc2-c2ccc(-c3cccc(-c4cccc5c4ccc4cccnc45)c3)cc2)cc1. The van der Waals surface area contributed by atoms with Crippen LogP contribution in [0, 0.1) is 0 Å². The molecule has 24 aromatic rings. The van der Waals surface area contributed by atoms with Crippen LogP contribution in [0.25, 0.3) is 233 Å². The van der Waals surface area contributed by atoms with Crippen LogP contribution in [0.4, 0.5) is 0 Å². The summed E-state index contributed by atoms with van der Waals surface area (Å²) >= 11 is 0. The number of pyridine rings is 6. The molecule has 0 saturated carbocycles. The minimum Gasteiger partial charge on any atom is -0.265 e. The second-order valence-corrected chi connectivity index (χ2v) is 31.8. The molecule has 0 fully saturated rings. The number of fused-ring (bicyclic) bond motifs is 11. The Morgan fingerprint density at radius 2 is 0.484 bits per heavy atom. The van der Waals surface area contributed by atoms with Gasteiger partial charge in [-0.2, -0.15) is 0 Å². The zero-order chi connectivity index (χ0) is 85.1. The van der Waals surface area contributed by atoms with Gasteiger partial charge in [0.1, 0.15) is 0 Å². The van der Waals surface area contributed by atoms with Crippen molar-refractivity contribution in [2.75, 3.05) is 0 Å². The molecule has 8 aromatic heterocycles. The van der Waals surface area contributed by atoms with Crippen LogP contribution >= 0.6 is 0 Å². The molecule has 10 heteroatoms. The summed E-state index contributed by atoms with van der Waals surface area (Å²) in [5.41, 5.74) is 33.0. The Kier molecular flexibility index (Phi) is 20.5. The molecule has 0 saturated heterocycles. The van der Waals surface area contributed by atoms with Crippen molar-refractivity contribution in [3.63, 3.8) is 0 Å². The van der Waals surface area contributed by atoms with E-state index in [0.29, 0.717) is 0 Å². The molecule has 0 aliphatic heterocycles. The normalized spacial score (nSPS) is 11.3. The quantitative estimate of drug-likeness (QED) is 0.103. The van der Waals surface area contributed by atoms with E-state index in [0.717, 1.165) is 150 Å².